The van der Waals surface area contributed by atoms with E-state index in [9.17, 15) is 4.79 Å². The van der Waals surface area contributed by atoms with Crippen LogP contribution in [-0.4, -0.2) is 21.6 Å². The van der Waals surface area contributed by atoms with E-state index in [1.54, 1.807) is 29.8 Å². The fourth-order valence-electron chi connectivity index (χ4n) is 2.35. The fraction of sp³-hybridized carbons (Fsp3) is 0.353. The molecule has 0 fully saturated rings. The standard InChI is InChI=1S/C17H22ClN5O2/c1-9(8-23-12(4)15(18)11(3)21-23)17(24)25-22-16(20)13-6-5-7-14(19)10(13)2/h5-7,9H,8,19H2,1-4H3,(H2,20,22). The number of hydrogen-bond acceptors (Lipinski definition) is 5. The molecule has 0 aliphatic rings. The Morgan fingerprint density at radius 2 is 2.08 bits per heavy atom. The second kappa shape index (κ2) is 7.57. The molecule has 0 aliphatic heterocycles. The zero-order valence-corrected chi connectivity index (χ0v) is 15.5. The van der Waals surface area contributed by atoms with Gasteiger partial charge in [0.2, 0.25) is 0 Å². The molecule has 1 heterocycles. The number of aromatic nitrogens is 2. The minimum absolute atomic E-state index is 0.0968. The van der Waals surface area contributed by atoms with E-state index in [1.807, 2.05) is 20.8 Å². The lowest BCUT2D eigenvalue weighted by atomic mass is 10.1. The van der Waals surface area contributed by atoms with Crippen LogP contribution in [0.3, 0.4) is 0 Å². The van der Waals surface area contributed by atoms with Crippen LogP contribution in [0.5, 0.6) is 0 Å². The number of oxime groups is 1. The van der Waals surface area contributed by atoms with Gasteiger partial charge in [-0.1, -0.05) is 35.8 Å². The molecule has 4 N–H and O–H groups in total. The van der Waals surface area contributed by atoms with Gasteiger partial charge in [0, 0.05) is 11.3 Å². The highest BCUT2D eigenvalue weighted by atomic mass is 35.5. The number of hydrogen-bond donors (Lipinski definition) is 2. The Bertz CT molecular complexity index is 829. The largest absolute Gasteiger partial charge is 0.398 e. The van der Waals surface area contributed by atoms with E-state index in [2.05, 4.69) is 10.3 Å². The van der Waals surface area contributed by atoms with Crippen LogP contribution in [-0.2, 0) is 16.2 Å². The maximum Gasteiger partial charge on any atom is 0.339 e. The van der Waals surface area contributed by atoms with E-state index >= 15 is 0 Å². The average molecular weight is 364 g/mol. The molecule has 2 rings (SSSR count). The van der Waals surface area contributed by atoms with E-state index in [4.69, 9.17) is 27.9 Å². The van der Waals surface area contributed by atoms with Gasteiger partial charge in [0.15, 0.2) is 5.84 Å². The summed E-state index contributed by atoms with van der Waals surface area (Å²) in [5.41, 5.74) is 15.3. The first-order chi connectivity index (χ1) is 11.7. The van der Waals surface area contributed by atoms with Crippen molar-refractivity contribution in [1.29, 1.82) is 0 Å². The smallest absolute Gasteiger partial charge is 0.339 e. The molecule has 1 aromatic carbocycles. The van der Waals surface area contributed by atoms with E-state index < -0.39 is 11.9 Å². The van der Waals surface area contributed by atoms with Crippen molar-refractivity contribution >= 4 is 29.1 Å². The van der Waals surface area contributed by atoms with Gasteiger partial charge in [-0.15, -0.1) is 0 Å². The average Bonchev–Trinajstić information content (AvgIpc) is 2.81. The number of nitrogens with zero attached hydrogens (tertiary/aromatic N) is 3. The van der Waals surface area contributed by atoms with Crippen molar-refractivity contribution in [2.24, 2.45) is 16.8 Å². The molecule has 25 heavy (non-hydrogen) atoms. The highest BCUT2D eigenvalue weighted by Crippen LogP contribution is 2.20. The second-order valence-corrected chi connectivity index (χ2v) is 6.35. The molecule has 0 radical (unpaired) electrons. The summed E-state index contributed by atoms with van der Waals surface area (Å²) in [5, 5.41) is 8.63. The van der Waals surface area contributed by atoms with Crippen molar-refractivity contribution in [3.63, 3.8) is 0 Å². The Balaban J connectivity index is 2.05. The summed E-state index contributed by atoms with van der Waals surface area (Å²) < 4.78 is 1.68. The summed E-state index contributed by atoms with van der Waals surface area (Å²) in [6.45, 7) is 7.55. The molecule has 134 valence electrons. The quantitative estimate of drug-likeness (QED) is 0.279. The Kier molecular flexibility index (Phi) is 5.69. The molecular weight excluding hydrogens is 342 g/mol. The molecule has 0 amide bonds. The molecule has 0 saturated heterocycles. The number of carbonyl (C=O) groups is 1. The lowest BCUT2D eigenvalue weighted by Gasteiger charge is -2.11. The number of nitrogens with two attached hydrogens (primary N) is 2. The molecule has 1 atom stereocenters. The predicted molar refractivity (Wildman–Crippen MR) is 98.3 cm³/mol. The van der Waals surface area contributed by atoms with Crippen molar-refractivity contribution in [3.05, 3.63) is 45.7 Å². The third kappa shape index (κ3) is 4.11. The Labute approximate surface area is 151 Å². The summed E-state index contributed by atoms with van der Waals surface area (Å²) >= 11 is 6.11. The minimum Gasteiger partial charge on any atom is -0.398 e. The summed E-state index contributed by atoms with van der Waals surface area (Å²) in [6, 6.07) is 5.29. The van der Waals surface area contributed by atoms with E-state index in [-0.39, 0.29) is 5.84 Å². The van der Waals surface area contributed by atoms with Crippen LogP contribution in [0, 0.1) is 26.7 Å². The van der Waals surface area contributed by atoms with Gasteiger partial charge in [-0.05, 0) is 32.4 Å². The Morgan fingerprint density at radius 3 is 2.68 bits per heavy atom. The maximum absolute atomic E-state index is 12.2. The molecule has 8 heteroatoms. The van der Waals surface area contributed by atoms with Crippen molar-refractivity contribution < 1.29 is 9.63 Å². The number of rotatable bonds is 5. The lowest BCUT2D eigenvalue weighted by molar-refractivity contribution is -0.148. The lowest BCUT2D eigenvalue weighted by Crippen LogP contribution is -2.22. The normalized spacial score (nSPS) is 12.9. The van der Waals surface area contributed by atoms with E-state index in [1.165, 1.54) is 0 Å². The zero-order chi connectivity index (χ0) is 18.7. The molecule has 7 nitrogen and oxygen atoms in total. The molecule has 0 saturated carbocycles. The molecule has 0 bridgehead atoms. The van der Waals surface area contributed by atoms with Gasteiger partial charge < -0.3 is 16.3 Å². The number of aryl methyl sites for hydroxylation is 1. The van der Waals surface area contributed by atoms with Gasteiger partial charge >= 0.3 is 5.97 Å². The Morgan fingerprint density at radius 1 is 1.40 bits per heavy atom. The highest BCUT2D eigenvalue weighted by molar-refractivity contribution is 6.31. The molecule has 1 unspecified atom stereocenters. The number of carbonyl (C=O) groups excluding carboxylic acids is 1. The van der Waals surface area contributed by atoms with Crippen molar-refractivity contribution in [2.45, 2.75) is 34.2 Å². The number of nitrogen functional groups attached to an aromatic ring is 1. The first-order valence-corrected chi connectivity index (χ1v) is 8.19. The van der Waals surface area contributed by atoms with Crippen LogP contribution >= 0.6 is 11.6 Å². The third-order valence-corrected chi connectivity index (χ3v) is 4.57. The topological polar surface area (TPSA) is 109 Å². The number of benzene rings is 1. The van der Waals surface area contributed by atoms with Crippen molar-refractivity contribution in [1.82, 2.24) is 9.78 Å². The second-order valence-electron chi connectivity index (χ2n) is 5.97. The monoisotopic (exact) mass is 363 g/mol. The number of anilines is 1. The van der Waals surface area contributed by atoms with Crippen LogP contribution in [0.2, 0.25) is 5.02 Å². The first kappa shape index (κ1) is 18.8. The van der Waals surface area contributed by atoms with Gasteiger partial charge in [0.1, 0.15) is 0 Å². The van der Waals surface area contributed by atoms with E-state index in [0.29, 0.717) is 22.8 Å². The van der Waals surface area contributed by atoms with Crippen molar-refractivity contribution in [3.8, 4) is 0 Å². The summed E-state index contributed by atoms with van der Waals surface area (Å²) in [6.07, 6.45) is 0. The third-order valence-electron chi connectivity index (χ3n) is 4.03. The zero-order valence-electron chi connectivity index (χ0n) is 14.7. The van der Waals surface area contributed by atoms with Gasteiger partial charge in [-0.3, -0.25) is 4.68 Å². The van der Waals surface area contributed by atoms with Gasteiger partial charge in [0.25, 0.3) is 0 Å². The van der Waals surface area contributed by atoms with Crippen LogP contribution < -0.4 is 11.5 Å². The fourth-order valence-corrected chi connectivity index (χ4v) is 2.49. The maximum atomic E-state index is 12.2. The highest BCUT2D eigenvalue weighted by Gasteiger charge is 2.19. The van der Waals surface area contributed by atoms with Crippen molar-refractivity contribution in [2.75, 3.05) is 5.73 Å². The molecular formula is C17H22ClN5O2. The molecule has 1 aromatic heterocycles. The van der Waals surface area contributed by atoms with Crippen LogP contribution in [0.15, 0.2) is 23.4 Å². The SMILES string of the molecule is Cc1nn(CC(C)C(=O)O/N=C(\N)c2cccc(N)c2C)c(C)c1Cl. The minimum atomic E-state index is -0.506. The Hall–Kier alpha value is -2.54. The van der Waals surface area contributed by atoms with Crippen LogP contribution in [0.25, 0.3) is 0 Å². The van der Waals surface area contributed by atoms with E-state index in [0.717, 1.165) is 17.0 Å². The van der Waals surface area contributed by atoms with Crippen LogP contribution in [0.4, 0.5) is 5.69 Å². The molecule has 0 aliphatic carbocycles. The van der Waals surface area contributed by atoms with Gasteiger partial charge in [0.05, 0.1) is 28.9 Å². The predicted octanol–water partition coefficient (Wildman–Crippen LogP) is 2.54. The summed E-state index contributed by atoms with van der Waals surface area (Å²) in [4.78, 5) is 17.1. The van der Waals surface area contributed by atoms with Gasteiger partial charge in [-0.2, -0.15) is 5.10 Å². The number of amidine groups is 1. The van der Waals surface area contributed by atoms with Gasteiger partial charge in [-0.25, -0.2) is 4.79 Å². The van der Waals surface area contributed by atoms with Crippen LogP contribution in [0.1, 0.15) is 29.4 Å². The first-order valence-electron chi connectivity index (χ1n) is 7.81. The summed E-state index contributed by atoms with van der Waals surface area (Å²) in [5.74, 6) is -0.875. The number of halogens is 1. The molecule has 0 spiro atoms. The summed E-state index contributed by atoms with van der Waals surface area (Å²) in [7, 11) is 0. The molecule has 2 aromatic rings.